The summed E-state index contributed by atoms with van der Waals surface area (Å²) in [6.45, 7) is 1.67. The van der Waals surface area contributed by atoms with Crippen LogP contribution in [0.5, 0.6) is 0 Å². The van der Waals surface area contributed by atoms with Crippen LogP contribution in [0.25, 0.3) is 0 Å². The van der Waals surface area contributed by atoms with E-state index >= 15 is 0 Å². The van der Waals surface area contributed by atoms with E-state index in [0.29, 0.717) is 5.69 Å². The molecule has 0 saturated heterocycles. The van der Waals surface area contributed by atoms with Crippen LogP contribution in [-0.4, -0.2) is 13.4 Å². The van der Waals surface area contributed by atoms with Crippen molar-refractivity contribution in [2.24, 2.45) is 0 Å². The molecule has 2 aromatic rings. The fourth-order valence-electron chi connectivity index (χ4n) is 1.53. The molecule has 0 fully saturated rings. The van der Waals surface area contributed by atoms with Gasteiger partial charge >= 0.3 is 0 Å². The molecule has 19 heavy (non-hydrogen) atoms. The molecule has 2 rings (SSSR count). The molecule has 4 nitrogen and oxygen atoms in total. The molecule has 0 unspecified atom stereocenters. The first-order valence-electron chi connectivity index (χ1n) is 5.30. The minimum Gasteiger partial charge on any atom is -0.263 e. The van der Waals surface area contributed by atoms with Crippen LogP contribution in [0.3, 0.4) is 0 Å². The summed E-state index contributed by atoms with van der Waals surface area (Å²) in [5.41, 5.74) is 0.578. The molecule has 1 heterocycles. The highest BCUT2D eigenvalue weighted by Gasteiger charge is 2.24. The molecule has 7 heteroatoms. The van der Waals surface area contributed by atoms with E-state index in [9.17, 15) is 17.2 Å². The fourth-order valence-corrected chi connectivity index (χ4v) is 2.67. The molecule has 0 aliphatic carbocycles. The van der Waals surface area contributed by atoms with Crippen LogP contribution in [0.1, 0.15) is 5.69 Å². The van der Waals surface area contributed by atoms with Crippen molar-refractivity contribution in [1.82, 2.24) is 4.98 Å². The molecule has 0 atom stereocenters. The van der Waals surface area contributed by atoms with Gasteiger partial charge in [-0.15, -0.1) is 0 Å². The van der Waals surface area contributed by atoms with Crippen LogP contribution in [0.4, 0.5) is 14.6 Å². The topological polar surface area (TPSA) is 59.1 Å². The highest BCUT2D eigenvalue weighted by Crippen LogP contribution is 2.20. The summed E-state index contributed by atoms with van der Waals surface area (Å²) in [6, 6.07) is 7.49. The summed E-state index contributed by atoms with van der Waals surface area (Å²) in [5.74, 6) is -2.30. The lowest BCUT2D eigenvalue weighted by molar-refractivity contribution is 0.521. The van der Waals surface area contributed by atoms with Crippen LogP contribution >= 0.6 is 0 Å². The number of hydrogen-bond donors (Lipinski definition) is 1. The minimum atomic E-state index is -4.35. The van der Waals surface area contributed by atoms with E-state index < -0.39 is 26.6 Å². The monoisotopic (exact) mass is 284 g/mol. The summed E-state index contributed by atoms with van der Waals surface area (Å²) < 4.78 is 52.8. The van der Waals surface area contributed by atoms with Crippen molar-refractivity contribution in [2.75, 3.05) is 4.72 Å². The summed E-state index contributed by atoms with van der Waals surface area (Å²) in [7, 11) is -4.35. The lowest BCUT2D eigenvalue weighted by atomic mass is 10.3. The molecule has 0 bridgehead atoms. The molecule has 0 amide bonds. The summed E-state index contributed by atoms with van der Waals surface area (Å²) in [4.78, 5) is 2.89. The Morgan fingerprint density at radius 1 is 1.05 bits per heavy atom. The molecule has 0 saturated carbocycles. The second kappa shape index (κ2) is 4.93. The number of aromatic nitrogens is 1. The van der Waals surface area contributed by atoms with Gasteiger partial charge in [0.15, 0.2) is 4.90 Å². The van der Waals surface area contributed by atoms with Crippen LogP contribution in [0, 0.1) is 18.6 Å². The Morgan fingerprint density at radius 3 is 2.21 bits per heavy atom. The van der Waals surface area contributed by atoms with Gasteiger partial charge in [0, 0.05) is 5.69 Å². The molecule has 0 spiro atoms. The van der Waals surface area contributed by atoms with Gasteiger partial charge in [0.2, 0.25) is 0 Å². The van der Waals surface area contributed by atoms with Crippen molar-refractivity contribution in [2.45, 2.75) is 11.8 Å². The van der Waals surface area contributed by atoms with Gasteiger partial charge in [-0.05, 0) is 31.2 Å². The van der Waals surface area contributed by atoms with Crippen molar-refractivity contribution in [3.8, 4) is 0 Å². The number of nitrogens with zero attached hydrogens (tertiary/aromatic N) is 1. The molecule has 0 radical (unpaired) electrons. The molecule has 100 valence electrons. The van der Waals surface area contributed by atoms with Gasteiger partial charge in [0.05, 0.1) is 0 Å². The van der Waals surface area contributed by atoms with E-state index in [1.807, 2.05) is 4.72 Å². The van der Waals surface area contributed by atoms with Crippen LogP contribution < -0.4 is 4.72 Å². The van der Waals surface area contributed by atoms with E-state index in [1.54, 1.807) is 19.1 Å². The molecule has 1 N–H and O–H groups in total. The van der Waals surface area contributed by atoms with E-state index in [-0.39, 0.29) is 5.82 Å². The zero-order valence-electron chi connectivity index (χ0n) is 9.89. The average molecular weight is 284 g/mol. The average Bonchev–Trinajstić information content (AvgIpc) is 2.27. The lowest BCUT2D eigenvalue weighted by Crippen LogP contribution is -2.17. The van der Waals surface area contributed by atoms with Gasteiger partial charge in [-0.25, -0.2) is 22.2 Å². The number of rotatable bonds is 3. The Hall–Kier alpha value is -2.02. The third-order valence-electron chi connectivity index (χ3n) is 2.31. The van der Waals surface area contributed by atoms with Crippen molar-refractivity contribution < 1.29 is 17.2 Å². The van der Waals surface area contributed by atoms with Crippen molar-refractivity contribution >= 4 is 15.8 Å². The predicted molar refractivity (Wildman–Crippen MR) is 66.1 cm³/mol. The van der Waals surface area contributed by atoms with Crippen molar-refractivity contribution in [1.29, 1.82) is 0 Å². The highest BCUT2D eigenvalue weighted by molar-refractivity contribution is 7.92. The number of sulfonamides is 1. The predicted octanol–water partition coefficient (Wildman–Crippen LogP) is 2.47. The first-order chi connectivity index (χ1) is 8.90. The summed E-state index contributed by atoms with van der Waals surface area (Å²) in [5, 5.41) is 0. The zero-order chi connectivity index (χ0) is 14.0. The third-order valence-corrected chi connectivity index (χ3v) is 3.72. The summed E-state index contributed by atoms with van der Waals surface area (Å²) in [6.07, 6.45) is 0. The van der Waals surface area contributed by atoms with Crippen molar-refractivity contribution in [3.05, 3.63) is 53.7 Å². The maximum absolute atomic E-state index is 13.4. The maximum Gasteiger partial charge on any atom is 0.268 e. The molecule has 0 aliphatic rings. The Morgan fingerprint density at radius 2 is 1.63 bits per heavy atom. The van der Waals surface area contributed by atoms with Gasteiger partial charge in [0.25, 0.3) is 10.0 Å². The van der Waals surface area contributed by atoms with Gasteiger partial charge in [-0.3, -0.25) is 4.72 Å². The standard InChI is InChI=1S/C12H10F2N2O2S/c1-8-4-2-7-11(15-8)16-19(17,18)12-9(13)5-3-6-10(12)14/h2-7H,1H3,(H,15,16). The molecule has 0 aliphatic heterocycles. The van der Waals surface area contributed by atoms with Gasteiger partial charge < -0.3 is 0 Å². The first kappa shape index (κ1) is 13.4. The quantitative estimate of drug-likeness (QED) is 0.942. The summed E-state index contributed by atoms with van der Waals surface area (Å²) >= 11 is 0. The van der Waals surface area contributed by atoms with Crippen LogP contribution in [-0.2, 0) is 10.0 Å². The second-order valence-corrected chi connectivity index (χ2v) is 5.44. The van der Waals surface area contributed by atoms with E-state index in [0.717, 1.165) is 18.2 Å². The van der Waals surface area contributed by atoms with E-state index in [4.69, 9.17) is 0 Å². The van der Waals surface area contributed by atoms with Gasteiger partial charge in [-0.1, -0.05) is 12.1 Å². The Bertz CT molecular complexity index is 697. The SMILES string of the molecule is Cc1cccc(NS(=O)(=O)c2c(F)cccc2F)n1. The van der Waals surface area contributed by atoms with E-state index in [2.05, 4.69) is 4.98 Å². The number of hydrogen-bond acceptors (Lipinski definition) is 3. The minimum absolute atomic E-state index is 0.00246. The zero-order valence-corrected chi connectivity index (χ0v) is 10.7. The molecular weight excluding hydrogens is 274 g/mol. The number of benzene rings is 1. The Balaban J connectivity index is 2.44. The number of pyridine rings is 1. The normalized spacial score (nSPS) is 11.3. The lowest BCUT2D eigenvalue weighted by Gasteiger charge is -2.09. The number of aryl methyl sites for hydroxylation is 1. The van der Waals surface area contributed by atoms with Gasteiger partial charge in [0.1, 0.15) is 17.5 Å². The fraction of sp³-hybridized carbons (Fsp3) is 0.0833. The van der Waals surface area contributed by atoms with Crippen LogP contribution in [0.2, 0.25) is 0 Å². The van der Waals surface area contributed by atoms with Crippen molar-refractivity contribution in [3.63, 3.8) is 0 Å². The van der Waals surface area contributed by atoms with Crippen LogP contribution in [0.15, 0.2) is 41.3 Å². The van der Waals surface area contributed by atoms with E-state index in [1.165, 1.54) is 6.07 Å². The smallest absolute Gasteiger partial charge is 0.263 e. The Kier molecular flexibility index (Phi) is 3.48. The third kappa shape index (κ3) is 2.87. The maximum atomic E-state index is 13.4. The molecular formula is C12H10F2N2O2S. The largest absolute Gasteiger partial charge is 0.268 e. The van der Waals surface area contributed by atoms with Gasteiger partial charge in [-0.2, -0.15) is 0 Å². The number of halogens is 2. The highest BCUT2D eigenvalue weighted by atomic mass is 32.2. The first-order valence-corrected chi connectivity index (χ1v) is 6.79. The number of anilines is 1. The second-order valence-electron chi connectivity index (χ2n) is 3.82. The molecule has 1 aromatic heterocycles. The Labute approximate surface area is 109 Å². The number of nitrogens with one attached hydrogen (secondary N) is 1. The molecule has 1 aromatic carbocycles.